The number of aromatic amines is 1. The van der Waals surface area contributed by atoms with Crippen LogP contribution in [0.3, 0.4) is 0 Å². The Morgan fingerprint density at radius 1 is 1.29 bits per heavy atom. The number of nitrogens with one attached hydrogen (secondary N) is 2. The number of aromatic nitrogens is 2. The van der Waals surface area contributed by atoms with E-state index >= 15 is 0 Å². The predicted molar refractivity (Wildman–Crippen MR) is 95.9 cm³/mol. The minimum absolute atomic E-state index is 0.317. The number of carbonyl (C=O) groups excluding carboxylic acids is 1. The Morgan fingerprint density at radius 2 is 2.12 bits per heavy atom. The van der Waals surface area contributed by atoms with E-state index < -0.39 is 0 Å². The lowest BCUT2D eigenvalue weighted by molar-refractivity contribution is 0.102. The van der Waals surface area contributed by atoms with Gasteiger partial charge in [0.2, 0.25) is 5.95 Å². The summed E-state index contributed by atoms with van der Waals surface area (Å²) in [6, 6.07) is 12.6. The van der Waals surface area contributed by atoms with Crippen molar-refractivity contribution in [3.63, 3.8) is 0 Å². The molecule has 3 aromatic rings. The van der Waals surface area contributed by atoms with Gasteiger partial charge in [-0.2, -0.15) is 0 Å². The zero-order valence-corrected chi connectivity index (χ0v) is 14.1. The highest BCUT2D eigenvalue weighted by molar-refractivity contribution is 6.31. The fourth-order valence-electron chi connectivity index (χ4n) is 2.32. The van der Waals surface area contributed by atoms with Crippen LogP contribution in [0, 0.1) is 0 Å². The van der Waals surface area contributed by atoms with Crippen LogP contribution >= 0.6 is 11.6 Å². The number of hydrogen-bond donors (Lipinski definition) is 2. The summed E-state index contributed by atoms with van der Waals surface area (Å²) in [5.74, 6) is 0.588. The second kappa shape index (κ2) is 7.36. The molecule has 6 heteroatoms. The second-order valence-corrected chi connectivity index (χ2v) is 5.84. The number of carbonyl (C=O) groups is 1. The molecule has 0 saturated carbocycles. The van der Waals surface area contributed by atoms with Crippen LogP contribution in [0.4, 0.5) is 5.95 Å². The molecule has 0 aliphatic rings. The van der Waals surface area contributed by atoms with Crippen molar-refractivity contribution in [1.29, 1.82) is 0 Å². The first-order valence-corrected chi connectivity index (χ1v) is 8.23. The molecule has 0 fully saturated rings. The van der Waals surface area contributed by atoms with Gasteiger partial charge in [0.15, 0.2) is 0 Å². The first-order valence-electron chi connectivity index (χ1n) is 7.86. The van der Waals surface area contributed by atoms with Crippen molar-refractivity contribution in [2.24, 2.45) is 0 Å². The monoisotopic (exact) mass is 343 g/mol. The number of hydrogen-bond acceptors (Lipinski definition) is 3. The van der Waals surface area contributed by atoms with Crippen LogP contribution in [-0.4, -0.2) is 22.5 Å². The number of nitrogens with zero attached hydrogens (tertiary/aromatic N) is 1. The lowest BCUT2D eigenvalue weighted by Crippen LogP contribution is -2.15. The number of para-hydroxylation sites is 2. The number of anilines is 1. The van der Waals surface area contributed by atoms with Crippen LogP contribution in [0.1, 0.15) is 30.1 Å². The zero-order chi connectivity index (χ0) is 16.9. The van der Waals surface area contributed by atoms with Crippen molar-refractivity contribution < 1.29 is 9.53 Å². The predicted octanol–water partition coefficient (Wildman–Crippen LogP) is 4.65. The van der Waals surface area contributed by atoms with E-state index in [1.807, 2.05) is 24.3 Å². The molecule has 3 rings (SSSR count). The molecule has 0 atom stereocenters. The number of fused-ring (bicyclic) bond motifs is 1. The first kappa shape index (κ1) is 16.3. The molecule has 0 saturated heterocycles. The Hall–Kier alpha value is -2.53. The zero-order valence-electron chi connectivity index (χ0n) is 13.3. The summed E-state index contributed by atoms with van der Waals surface area (Å²) >= 11 is 6.03. The van der Waals surface area contributed by atoms with Crippen molar-refractivity contribution in [3.05, 3.63) is 53.1 Å². The van der Waals surface area contributed by atoms with Gasteiger partial charge in [-0.05, 0) is 36.8 Å². The number of ether oxygens (including phenoxy) is 1. The van der Waals surface area contributed by atoms with Gasteiger partial charge in [-0.1, -0.05) is 37.1 Å². The van der Waals surface area contributed by atoms with E-state index in [0.29, 0.717) is 28.9 Å². The third-order valence-electron chi connectivity index (χ3n) is 3.56. The molecule has 0 spiro atoms. The molecule has 1 amide bonds. The number of H-pyrrole nitrogens is 1. The molecule has 0 unspecified atom stereocenters. The molecule has 1 aromatic heterocycles. The van der Waals surface area contributed by atoms with Gasteiger partial charge in [0, 0.05) is 5.02 Å². The van der Waals surface area contributed by atoms with E-state index in [2.05, 4.69) is 22.2 Å². The van der Waals surface area contributed by atoms with Crippen molar-refractivity contribution in [3.8, 4) is 5.75 Å². The number of benzene rings is 2. The van der Waals surface area contributed by atoms with Gasteiger partial charge in [-0.25, -0.2) is 4.98 Å². The lowest BCUT2D eigenvalue weighted by atomic mass is 10.2. The fraction of sp³-hybridized carbons (Fsp3) is 0.222. The fourth-order valence-corrected chi connectivity index (χ4v) is 2.49. The molecule has 0 aliphatic heterocycles. The number of rotatable bonds is 6. The van der Waals surface area contributed by atoms with E-state index in [9.17, 15) is 4.79 Å². The summed E-state index contributed by atoms with van der Waals surface area (Å²) < 4.78 is 5.70. The Kier molecular flexibility index (Phi) is 5.01. The number of halogens is 1. The second-order valence-electron chi connectivity index (χ2n) is 5.40. The van der Waals surface area contributed by atoms with Crippen molar-refractivity contribution in [2.45, 2.75) is 19.8 Å². The highest BCUT2D eigenvalue weighted by Gasteiger charge is 2.15. The maximum Gasteiger partial charge on any atom is 0.261 e. The summed E-state index contributed by atoms with van der Waals surface area (Å²) in [5.41, 5.74) is 2.04. The quantitative estimate of drug-likeness (QED) is 0.640. The van der Waals surface area contributed by atoms with Crippen LogP contribution in [0.25, 0.3) is 11.0 Å². The largest absolute Gasteiger partial charge is 0.493 e. The lowest BCUT2D eigenvalue weighted by Gasteiger charge is -2.11. The molecule has 2 aromatic carbocycles. The molecule has 0 bridgehead atoms. The molecule has 124 valence electrons. The Balaban J connectivity index is 1.81. The summed E-state index contributed by atoms with van der Waals surface area (Å²) in [4.78, 5) is 20.0. The minimum atomic E-state index is -0.317. The van der Waals surface area contributed by atoms with Crippen molar-refractivity contribution in [2.75, 3.05) is 11.9 Å². The van der Waals surface area contributed by atoms with Crippen LogP contribution in [-0.2, 0) is 0 Å². The highest BCUT2D eigenvalue weighted by Crippen LogP contribution is 2.24. The molecular weight excluding hydrogens is 326 g/mol. The van der Waals surface area contributed by atoms with E-state index in [-0.39, 0.29) is 5.91 Å². The maximum absolute atomic E-state index is 12.6. The summed E-state index contributed by atoms with van der Waals surface area (Å²) in [5, 5.41) is 3.24. The Morgan fingerprint density at radius 3 is 2.92 bits per heavy atom. The normalized spacial score (nSPS) is 10.8. The Bertz CT molecular complexity index is 827. The third kappa shape index (κ3) is 3.68. The van der Waals surface area contributed by atoms with E-state index in [1.165, 1.54) is 0 Å². The molecule has 0 aliphatic carbocycles. The first-order chi connectivity index (χ1) is 11.7. The van der Waals surface area contributed by atoms with Gasteiger partial charge in [-0.3, -0.25) is 10.1 Å². The smallest absolute Gasteiger partial charge is 0.261 e. The van der Waals surface area contributed by atoms with Gasteiger partial charge in [-0.15, -0.1) is 0 Å². The highest BCUT2D eigenvalue weighted by atomic mass is 35.5. The van der Waals surface area contributed by atoms with Crippen LogP contribution in [0.5, 0.6) is 5.75 Å². The van der Waals surface area contributed by atoms with Crippen LogP contribution in [0.2, 0.25) is 5.02 Å². The van der Waals surface area contributed by atoms with Gasteiger partial charge in [0.1, 0.15) is 5.75 Å². The van der Waals surface area contributed by atoms with E-state index in [4.69, 9.17) is 16.3 Å². The average molecular weight is 344 g/mol. The van der Waals surface area contributed by atoms with Gasteiger partial charge < -0.3 is 9.72 Å². The average Bonchev–Trinajstić information content (AvgIpc) is 2.98. The number of imidazole rings is 1. The maximum atomic E-state index is 12.6. The minimum Gasteiger partial charge on any atom is -0.493 e. The third-order valence-corrected chi connectivity index (χ3v) is 3.80. The van der Waals surface area contributed by atoms with Crippen molar-refractivity contribution in [1.82, 2.24) is 9.97 Å². The van der Waals surface area contributed by atoms with Gasteiger partial charge in [0.05, 0.1) is 23.2 Å². The summed E-state index contributed by atoms with van der Waals surface area (Å²) in [6.45, 7) is 2.64. The molecule has 24 heavy (non-hydrogen) atoms. The van der Waals surface area contributed by atoms with Gasteiger partial charge >= 0.3 is 0 Å². The summed E-state index contributed by atoms with van der Waals surface area (Å²) in [7, 11) is 0. The molecule has 2 N–H and O–H groups in total. The topological polar surface area (TPSA) is 67.0 Å². The van der Waals surface area contributed by atoms with Crippen molar-refractivity contribution >= 4 is 34.5 Å². The van der Waals surface area contributed by atoms with E-state index in [0.717, 1.165) is 23.9 Å². The molecule has 0 radical (unpaired) electrons. The Labute approximate surface area is 145 Å². The molecule has 5 nitrogen and oxygen atoms in total. The summed E-state index contributed by atoms with van der Waals surface area (Å²) in [6.07, 6.45) is 1.95. The molecular formula is C18H18ClN3O2. The van der Waals surface area contributed by atoms with Gasteiger partial charge in [0.25, 0.3) is 5.91 Å². The van der Waals surface area contributed by atoms with Crippen LogP contribution in [0.15, 0.2) is 42.5 Å². The number of unbranched alkanes of at least 4 members (excludes halogenated alkanes) is 1. The van der Waals surface area contributed by atoms with Crippen LogP contribution < -0.4 is 10.1 Å². The standard InChI is InChI=1S/C18H18ClN3O2/c1-2-3-10-24-16-9-8-12(19)11-13(16)17(23)22-18-20-14-6-4-5-7-15(14)21-18/h4-9,11H,2-3,10H2,1H3,(H2,20,21,22,23). The van der Waals surface area contributed by atoms with E-state index in [1.54, 1.807) is 18.2 Å². The SMILES string of the molecule is CCCCOc1ccc(Cl)cc1C(=O)Nc1nc2ccccc2[nH]1. The molecule has 1 heterocycles. The number of amides is 1.